The van der Waals surface area contributed by atoms with Crippen molar-refractivity contribution in [3.63, 3.8) is 0 Å². The van der Waals surface area contributed by atoms with E-state index in [0.717, 1.165) is 5.56 Å². The summed E-state index contributed by atoms with van der Waals surface area (Å²) in [6.07, 6.45) is 0. The molecule has 2 aromatic rings. The van der Waals surface area contributed by atoms with Crippen molar-refractivity contribution in [1.82, 2.24) is 5.32 Å². The fourth-order valence-corrected chi connectivity index (χ4v) is 2.27. The summed E-state index contributed by atoms with van der Waals surface area (Å²) < 4.78 is 0. The first-order valence-electron chi connectivity index (χ1n) is 7.27. The quantitative estimate of drug-likeness (QED) is 0.511. The van der Waals surface area contributed by atoms with E-state index < -0.39 is 16.7 Å². The van der Waals surface area contributed by atoms with E-state index in [1.165, 1.54) is 12.1 Å². The summed E-state index contributed by atoms with van der Waals surface area (Å²) in [5.41, 5.74) is 2.26. The number of hydrogen-bond donors (Lipinski definition) is 2. The van der Waals surface area contributed by atoms with E-state index in [1.54, 1.807) is 13.8 Å². The highest BCUT2D eigenvalue weighted by Crippen LogP contribution is 2.26. The third-order valence-electron chi connectivity index (χ3n) is 3.47. The zero-order valence-corrected chi connectivity index (χ0v) is 13.3. The second kappa shape index (κ2) is 7.36. The van der Waals surface area contributed by atoms with E-state index in [9.17, 15) is 19.7 Å². The zero-order valence-electron chi connectivity index (χ0n) is 13.3. The highest BCUT2D eigenvalue weighted by molar-refractivity contribution is 6.39. The summed E-state index contributed by atoms with van der Waals surface area (Å²) in [5, 5.41) is 15.9. The molecular formula is C17H17N3O4. The maximum Gasteiger partial charge on any atom is 0.313 e. The second-order valence-electron chi connectivity index (χ2n) is 5.33. The Bertz CT molecular complexity index is 765. The molecule has 0 radical (unpaired) electrons. The lowest BCUT2D eigenvalue weighted by atomic mass is 10.1. The van der Waals surface area contributed by atoms with Gasteiger partial charge in [-0.25, -0.2) is 0 Å². The first-order chi connectivity index (χ1) is 11.4. The maximum atomic E-state index is 12.0. The molecule has 2 N–H and O–H groups in total. The molecule has 0 saturated heterocycles. The Labute approximate surface area is 138 Å². The lowest BCUT2D eigenvalue weighted by Gasteiger charge is -2.11. The lowest BCUT2D eigenvalue weighted by Crippen LogP contribution is -2.35. The van der Waals surface area contributed by atoms with Crippen LogP contribution >= 0.6 is 0 Å². The molecule has 24 heavy (non-hydrogen) atoms. The number of carbonyl (C=O) groups is 2. The maximum absolute atomic E-state index is 12.0. The third kappa shape index (κ3) is 4.16. The minimum Gasteiger partial charge on any atom is -0.344 e. The van der Waals surface area contributed by atoms with Crippen LogP contribution in [0, 0.1) is 24.0 Å². The molecule has 0 saturated carbocycles. The van der Waals surface area contributed by atoms with Crippen LogP contribution in [0.3, 0.4) is 0 Å². The molecule has 0 spiro atoms. The number of nitro groups is 1. The van der Waals surface area contributed by atoms with Crippen LogP contribution in [-0.2, 0) is 16.1 Å². The SMILES string of the molecule is Cc1cc([N+](=O)[O-])cc(C)c1NC(=O)C(=O)NCc1ccccc1. The van der Waals surface area contributed by atoms with Crippen molar-refractivity contribution in [3.05, 3.63) is 69.3 Å². The van der Waals surface area contributed by atoms with Crippen LogP contribution in [0.5, 0.6) is 0 Å². The topological polar surface area (TPSA) is 101 Å². The predicted molar refractivity (Wildman–Crippen MR) is 89.5 cm³/mol. The molecule has 2 rings (SSSR count). The van der Waals surface area contributed by atoms with Crippen LogP contribution in [0.1, 0.15) is 16.7 Å². The smallest absolute Gasteiger partial charge is 0.313 e. The Morgan fingerprint density at radius 2 is 1.62 bits per heavy atom. The first kappa shape index (κ1) is 17.1. The number of hydrogen-bond acceptors (Lipinski definition) is 4. The monoisotopic (exact) mass is 327 g/mol. The van der Waals surface area contributed by atoms with E-state index in [4.69, 9.17) is 0 Å². The highest BCUT2D eigenvalue weighted by atomic mass is 16.6. The highest BCUT2D eigenvalue weighted by Gasteiger charge is 2.18. The fraction of sp³-hybridized carbons (Fsp3) is 0.176. The van der Waals surface area contributed by atoms with Crippen LogP contribution in [-0.4, -0.2) is 16.7 Å². The van der Waals surface area contributed by atoms with E-state index in [0.29, 0.717) is 16.8 Å². The van der Waals surface area contributed by atoms with Gasteiger partial charge in [0.15, 0.2) is 0 Å². The molecule has 0 heterocycles. The van der Waals surface area contributed by atoms with Gasteiger partial charge in [0.2, 0.25) is 0 Å². The van der Waals surface area contributed by atoms with Gasteiger partial charge in [0.1, 0.15) is 0 Å². The number of rotatable bonds is 4. The van der Waals surface area contributed by atoms with Crippen molar-refractivity contribution in [1.29, 1.82) is 0 Å². The van der Waals surface area contributed by atoms with E-state index in [-0.39, 0.29) is 12.2 Å². The average Bonchev–Trinajstić information content (AvgIpc) is 2.56. The van der Waals surface area contributed by atoms with Gasteiger partial charge in [0, 0.05) is 24.4 Å². The predicted octanol–water partition coefficient (Wildman–Crippen LogP) is 2.47. The van der Waals surface area contributed by atoms with Crippen molar-refractivity contribution in [2.24, 2.45) is 0 Å². The van der Waals surface area contributed by atoms with Crippen molar-refractivity contribution >= 4 is 23.2 Å². The molecule has 7 nitrogen and oxygen atoms in total. The molecule has 7 heteroatoms. The molecule has 0 aliphatic rings. The number of amides is 2. The summed E-state index contributed by atoms with van der Waals surface area (Å²) in [6.45, 7) is 3.51. The second-order valence-corrected chi connectivity index (χ2v) is 5.33. The van der Waals surface area contributed by atoms with Crippen molar-refractivity contribution in [2.75, 3.05) is 5.32 Å². The van der Waals surface area contributed by atoms with Crippen LogP contribution < -0.4 is 10.6 Å². The number of benzene rings is 2. The molecule has 2 amide bonds. The van der Waals surface area contributed by atoms with Crippen molar-refractivity contribution in [3.8, 4) is 0 Å². The number of non-ortho nitro benzene ring substituents is 1. The Kier molecular flexibility index (Phi) is 5.26. The van der Waals surface area contributed by atoms with Crippen molar-refractivity contribution in [2.45, 2.75) is 20.4 Å². The van der Waals surface area contributed by atoms with Gasteiger partial charge in [-0.05, 0) is 30.5 Å². The van der Waals surface area contributed by atoms with Gasteiger partial charge in [0.05, 0.1) is 4.92 Å². The molecule has 0 fully saturated rings. The number of nitrogens with one attached hydrogen (secondary N) is 2. The normalized spacial score (nSPS) is 10.1. The van der Waals surface area contributed by atoms with E-state index in [1.807, 2.05) is 30.3 Å². The van der Waals surface area contributed by atoms with Crippen LogP contribution in [0.25, 0.3) is 0 Å². The number of nitro benzene ring substituents is 1. The Hall–Kier alpha value is -3.22. The van der Waals surface area contributed by atoms with Gasteiger partial charge in [-0.15, -0.1) is 0 Å². The fourth-order valence-electron chi connectivity index (χ4n) is 2.27. The minimum atomic E-state index is -0.814. The summed E-state index contributed by atoms with van der Waals surface area (Å²) >= 11 is 0. The molecule has 0 aromatic heterocycles. The molecule has 0 bridgehead atoms. The summed E-state index contributed by atoms with van der Waals surface area (Å²) in [5.74, 6) is -1.58. The largest absolute Gasteiger partial charge is 0.344 e. The number of nitrogens with zero attached hydrogens (tertiary/aromatic N) is 1. The lowest BCUT2D eigenvalue weighted by molar-refractivity contribution is -0.384. The number of carbonyl (C=O) groups excluding carboxylic acids is 2. The van der Waals surface area contributed by atoms with Gasteiger partial charge in [0.25, 0.3) is 5.69 Å². The van der Waals surface area contributed by atoms with E-state index >= 15 is 0 Å². The third-order valence-corrected chi connectivity index (χ3v) is 3.47. The molecule has 0 unspecified atom stereocenters. The molecule has 124 valence electrons. The first-order valence-corrected chi connectivity index (χ1v) is 7.27. The molecule has 0 atom stereocenters. The summed E-state index contributed by atoms with van der Waals surface area (Å²) in [4.78, 5) is 34.2. The van der Waals surface area contributed by atoms with Gasteiger partial charge in [-0.1, -0.05) is 30.3 Å². The summed E-state index contributed by atoms with van der Waals surface area (Å²) in [7, 11) is 0. The van der Waals surface area contributed by atoms with Crippen LogP contribution in [0.15, 0.2) is 42.5 Å². The van der Waals surface area contributed by atoms with Gasteiger partial charge < -0.3 is 10.6 Å². The Morgan fingerprint density at radius 3 is 2.17 bits per heavy atom. The average molecular weight is 327 g/mol. The van der Waals surface area contributed by atoms with Crippen LogP contribution in [0.4, 0.5) is 11.4 Å². The Morgan fingerprint density at radius 1 is 1.04 bits per heavy atom. The van der Waals surface area contributed by atoms with Gasteiger partial charge in [-0.2, -0.15) is 0 Å². The minimum absolute atomic E-state index is 0.0588. The molecule has 0 aliphatic heterocycles. The molecule has 2 aromatic carbocycles. The summed E-state index contributed by atoms with van der Waals surface area (Å²) in [6, 6.07) is 11.9. The standard InChI is InChI=1S/C17H17N3O4/c1-11-8-14(20(23)24)9-12(2)15(11)19-17(22)16(21)18-10-13-6-4-3-5-7-13/h3-9H,10H2,1-2H3,(H,18,21)(H,19,22). The van der Waals surface area contributed by atoms with Crippen molar-refractivity contribution < 1.29 is 14.5 Å². The number of anilines is 1. The zero-order chi connectivity index (χ0) is 17.7. The van der Waals surface area contributed by atoms with Crippen LogP contribution in [0.2, 0.25) is 0 Å². The van der Waals surface area contributed by atoms with E-state index in [2.05, 4.69) is 10.6 Å². The number of aryl methyl sites for hydroxylation is 2. The Balaban J connectivity index is 2.04. The molecular weight excluding hydrogens is 310 g/mol. The van der Waals surface area contributed by atoms with Gasteiger partial charge >= 0.3 is 11.8 Å². The van der Waals surface area contributed by atoms with Gasteiger partial charge in [-0.3, -0.25) is 19.7 Å². The molecule has 0 aliphatic carbocycles.